The molecule has 8 rings (SSSR count). The Balaban J connectivity index is 0.000000384. The standard InChI is InChI=1S/C37H47F3N8O5.C13H14N2OS.C4H10.C2H6/c38-37(39,40)53-28-6-8-29(31(41)21-28)36(52)47-13-9-25(10-14-47)35-30-7-5-26(20-32(30)43-24-44-35)46-18-16-45(17-19-46)12-3-1-2-4-33(50)42-22-34(51)48-15-11-27(49)23-48;1-9(14-7-16)11-3-5-12(6-4-11)13-10(2)15-8-17-13;1-4(2)3;1-2/h5-8,20-21,24-25,27,49H,1-4,9-19,22-23,41H2,(H,42,50);3-9H,1-2H3,(H,14,16);4H,1-3H3;1-2H3/t;9-;;/m.0../s1. The molecule has 1 unspecified atom stereocenters. The number of alkyl halides is 3. The Labute approximate surface area is 449 Å². The molecule has 16 nitrogen and oxygen atoms in total. The molecule has 20 heteroatoms. The number of ether oxygens (including phenoxy) is 1. The van der Waals surface area contributed by atoms with Crippen LogP contribution in [0.15, 0.2) is 72.5 Å². The van der Waals surface area contributed by atoms with Gasteiger partial charge in [-0.05, 0) is 99.9 Å². The number of aliphatic hydroxyl groups is 1. The number of hydrogen-bond acceptors (Lipinski definition) is 13. The summed E-state index contributed by atoms with van der Waals surface area (Å²) >= 11 is 1.64. The first kappa shape index (κ1) is 60.5. The second-order valence-electron chi connectivity index (χ2n) is 19.6. The number of benzene rings is 3. The van der Waals surface area contributed by atoms with Crippen LogP contribution in [-0.2, 0) is 14.4 Å². The Morgan fingerprint density at radius 3 is 2.16 bits per heavy atom. The molecular weight excluding hydrogens is 998 g/mol. The molecule has 0 radical (unpaired) electrons. The van der Waals surface area contributed by atoms with Gasteiger partial charge in [0.2, 0.25) is 18.2 Å². The van der Waals surface area contributed by atoms with Crippen LogP contribution in [-0.4, -0.2) is 137 Å². The highest BCUT2D eigenvalue weighted by Crippen LogP contribution is 2.34. The number of likely N-dealkylation sites (tertiary alicyclic amines) is 2. The van der Waals surface area contributed by atoms with E-state index in [1.54, 1.807) is 27.5 Å². The number of aromatic nitrogens is 3. The van der Waals surface area contributed by atoms with Gasteiger partial charge in [0, 0.05) is 87.5 Å². The Hall–Kier alpha value is -6.38. The number of nitrogens with one attached hydrogen (secondary N) is 2. The van der Waals surface area contributed by atoms with Crippen molar-refractivity contribution < 1.29 is 42.2 Å². The number of nitrogens with zero attached hydrogens (tertiary/aromatic N) is 7. The van der Waals surface area contributed by atoms with Crippen LogP contribution in [0.4, 0.5) is 24.5 Å². The number of aryl methyl sites for hydroxylation is 1. The van der Waals surface area contributed by atoms with Crippen molar-refractivity contribution in [3.63, 3.8) is 0 Å². The normalized spacial score (nSPS) is 16.4. The fourth-order valence-electron chi connectivity index (χ4n) is 9.12. The van der Waals surface area contributed by atoms with Crippen molar-refractivity contribution in [2.75, 3.05) is 76.1 Å². The highest BCUT2D eigenvalue weighted by Gasteiger charge is 2.32. The maximum absolute atomic E-state index is 13.2. The largest absolute Gasteiger partial charge is 0.573 e. The topological polar surface area (TPSA) is 199 Å². The van der Waals surface area contributed by atoms with E-state index in [0.717, 1.165) is 110 Å². The van der Waals surface area contributed by atoms with Crippen LogP contribution in [0.25, 0.3) is 21.3 Å². The lowest BCUT2D eigenvalue weighted by molar-refractivity contribution is -0.274. The van der Waals surface area contributed by atoms with E-state index in [2.05, 4.69) is 91.2 Å². The molecule has 414 valence electrons. The minimum absolute atomic E-state index is 0.0154. The van der Waals surface area contributed by atoms with Crippen LogP contribution in [0.3, 0.4) is 0 Å². The molecule has 3 fully saturated rings. The summed E-state index contributed by atoms with van der Waals surface area (Å²) in [5, 5.41) is 16.0. The maximum atomic E-state index is 13.2. The molecule has 3 aliphatic heterocycles. The SMILES string of the molecule is CC.CC(C)C.Cc1ncsc1-c1ccc([C@H](C)NC=O)cc1.Nc1cc(OC(F)(F)F)ccc1C(=O)N1CCC(c2ncnc3cc(N4CCN(CCCCCC(=O)NCC(=O)N5CCC(O)C5)CC4)ccc23)CC1. The number of unbranched alkanes of at least 4 members (excludes halogenated alkanes) is 2. The van der Waals surface area contributed by atoms with E-state index in [4.69, 9.17) is 5.73 Å². The third-order valence-electron chi connectivity index (χ3n) is 13.1. The molecule has 4 amide bonds. The molecule has 2 aromatic heterocycles. The van der Waals surface area contributed by atoms with Crippen molar-refractivity contribution in [1.29, 1.82) is 0 Å². The van der Waals surface area contributed by atoms with Crippen molar-refractivity contribution in [3.8, 4) is 16.2 Å². The first-order valence-electron chi connectivity index (χ1n) is 26.5. The van der Waals surface area contributed by atoms with Crippen molar-refractivity contribution >= 4 is 57.7 Å². The van der Waals surface area contributed by atoms with Crippen LogP contribution in [0.2, 0.25) is 0 Å². The summed E-state index contributed by atoms with van der Waals surface area (Å²) in [6, 6.07) is 17.9. The predicted octanol–water partition coefficient (Wildman–Crippen LogP) is 9.14. The summed E-state index contributed by atoms with van der Waals surface area (Å²) in [5.74, 6) is -0.112. The Morgan fingerprint density at radius 2 is 1.55 bits per heavy atom. The molecule has 2 atom stereocenters. The molecule has 5 aromatic rings. The first-order valence-corrected chi connectivity index (χ1v) is 27.4. The molecule has 5 heterocycles. The number of aliphatic hydroxyl groups excluding tert-OH is 1. The number of hydrogen-bond donors (Lipinski definition) is 4. The number of piperidine rings is 1. The number of fused-ring (bicyclic) bond motifs is 1. The molecule has 0 aliphatic carbocycles. The third-order valence-corrected chi connectivity index (χ3v) is 14.1. The number of nitrogen functional groups attached to an aromatic ring is 1. The summed E-state index contributed by atoms with van der Waals surface area (Å²) in [4.78, 5) is 70.6. The molecule has 3 aromatic carbocycles. The summed E-state index contributed by atoms with van der Waals surface area (Å²) in [5.41, 5.74) is 14.1. The molecule has 0 saturated carbocycles. The number of halogens is 3. The highest BCUT2D eigenvalue weighted by atomic mass is 32.1. The average Bonchev–Trinajstić information content (AvgIpc) is 4.06. The molecule has 0 bridgehead atoms. The molecule has 3 aliphatic rings. The molecule has 5 N–H and O–H groups in total. The van der Waals surface area contributed by atoms with Crippen LogP contribution in [0.5, 0.6) is 5.75 Å². The fraction of sp³-hybridized carbons (Fsp3) is 0.518. The van der Waals surface area contributed by atoms with Crippen LogP contribution in [0, 0.1) is 12.8 Å². The summed E-state index contributed by atoms with van der Waals surface area (Å²) in [6.45, 7) is 20.9. The molecule has 3 saturated heterocycles. The van der Waals surface area contributed by atoms with Gasteiger partial charge in [0.1, 0.15) is 12.1 Å². The fourth-order valence-corrected chi connectivity index (χ4v) is 9.93. The summed E-state index contributed by atoms with van der Waals surface area (Å²) in [6.07, 6.45) is 2.06. The van der Waals surface area contributed by atoms with Gasteiger partial charge in [-0.1, -0.05) is 65.3 Å². The number of amides is 4. The van der Waals surface area contributed by atoms with Gasteiger partial charge in [-0.3, -0.25) is 24.1 Å². The van der Waals surface area contributed by atoms with Crippen molar-refractivity contribution in [2.45, 2.75) is 118 Å². The lowest BCUT2D eigenvalue weighted by atomic mass is 9.90. The number of rotatable bonds is 16. The van der Waals surface area contributed by atoms with Gasteiger partial charge in [-0.25, -0.2) is 15.0 Å². The lowest BCUT2D eigenvalue weighted by Gasteiger charge is -2.36. The van der Waals surface area contributed by atoms with Crippen LogP contribution in [0.1, 0.15) is 126 Å². The van der Waals surface area contributed by atoms with Gasteiger partial charge in [-0.15, -0.1) is 24.5 Å². The number of nitrogens with two attached hydrogens (primary N) is 1. The lowest BCUT2D eigenvalue weighted by Crippen LogP contribution is -2.46. The van der Waals surface area contributed by atoms with Crippen molar-refractivity contribution in [1.82, 2.24) is 40.3 Å². The second kappa shape index (κ2) is 29.8. The van der Waals surface area contributed by atoms with Gasteiger partial charge < -0.3 is 40.9 Å². The van der Waals surface area contributed by atoms with E-state index < -0.39 is 18.2 Å². The highest BCUT2D eigenvalue weighted by molar-refractivity contribution is 7.13. The molecule has 76 heavy (non-hydrogen) atoms. The Kier molecular flexibility index (Phi) is 23.7. The van der Waals surface area contributed by atoms with Crippen molar-refractivity contribution in [2.24, 2.45) is 5.92 Å². The Morgan fingerprint density at radius 1 is 0.868 bits per heavy atom. The molecular formula is C56H77F3N10O6S. The number of carbonyl (C=O) groups is 4. The van der Waals surface area contributed by atoms with Gasteiger partial charge >= 0.3 is 6.36 Å². The van der Waals surface area contributed by atoms with E-state index in [0.29, 0.717) is 51.9 Å². The first-order chi connectivity index (χ1) is 36.4. The number of carbonyl (C=O) groups excluding carboxylic acids is 4. The number of anilines is 2. The minimum Gasteiger partial charge on any atom is -0.406 e. The zero-order valence-corrected chi connectivity index (χ0v) is 45.9. The molecule has 0 spiro atoms. The van der Waals surface area contributed by atoms with E-state index in [-0.39, 0.29) is 47.5 Å². The number of piperazine rings is 1. The quantitative estimate of drug-likeness (QED) is 0.0416. The van der Waals surface area contributed by atoms with Gasteiger partial charge in [0.15, 0.2) is 0 Å². The van der Waals surface area contributed by atoms with Gasteiger partial charge in [0.05, 0.1) is 51.5 Å². The second-order valence-corrected chi connectivity index (χ2v) is 20.5. The van der Waals surface area contributed by atoms with Crippen molar-refractivity contribution in [3.05, 3.63) is 95.0 Å². The van der Waals surface area contributed by atoms with Crippen LogP contribution < -0.4 is 26.0 Å². The van der Waals surface area contributed by atoms with E-state index >= 15 is 0 Å². The van der Waals surface area contributed by atoms with Crippen LogP contribution >= 0.6 is 11.3 Å². The number of thiazole rings is 1. The minimum atomic E-state index is -4.85. The predicted molar refractivity (Wildman–Crippen MR) is 294 cm³/mol. The van der Waals surface area contributed by atoms with E-state index in [9.17, 15) is 37.5 Å². The smallest absolute Gasteiger partial charge is 0.406 e. The van der Waals surface area contributed by atoms with E-state index in [1.165, 1.54) is 16.5 Å². The van der Waals surface area contributed by atoms with Gasteiger partial charge in [0.25, 0.3) is 5.91 Å². The zero-order valence-electron chi connectivity index (χ0n) is 45.1. The third kappa shape index (κ3) is 18.4. The Bertz CT molecular complexity index is 2620. The number of β-amino-alcohol motifs (C(OH)–C–C–N with tert-alkyl or cyclic N) is 1. The average molecular weight is 1080 g/mol. The van der Waals surface area contributed by atoms with E-state index in [1.807, 2.05) is 45.3 Å². The summed E-state index contributed by atoms with van der Waals surface area (Å²) in [7, 11) is 0. The van der Waals surface area contributed by atoms with Gasteiger partial charge in [-0.2, -0.15) is 0 Å². The monoisotopic (exact) mass is 1070 g/mol. The summed E-state index contributed by atoms with van der Waals surface area (Å²) < 4.78 is 41.6. The maximum Gasteiger partial charge on any atom is 0.573 e. The zero-order chi connectivity index (χ0) is 55.4.